The van der Waals surface area contributed by atoms with E-state index in [-0.39, 0.29) is 0 Å². The van der Waals surface area contributed by atoms with Gasteiger partial charge in [-0.15, -0.1) is 0 Å². The molecule has 2 rings (SSSR count). The number of Topliss-reactive ketones (excluding diaryl/α,β-unsaturated/α-hetero) is 1. The maximum absolute atomic E-state index is 12.0. The third kappa shape index (κ3) is 3.29. The Morgan fingerprint density at radius 3 is 2.82 bits per heavy atom. The summed E-state index contributed by atoms with van der Waals surface area (Å²) in [6, 6.07) is 0.515. The lowest BCUT2D eigenvalue weighted by Crippen LogP contribution is -2.41. The zero-order chi connectivity index (χ0) is 12.1. The van der Waals surface area contributed by atoms with Crippen molar-refractivity contribution in [3.05, 3.63) is 0 Å². The SMILES string of the molecule is O=C1CCCCC1C1CCCN1CCCCO. The Kier molecular flexibility index (Phi) is 4.99. The van der Waals surface area contributed by atoms with E-state index in [9.17, 15) is 4.79 Å². The topological polar surface area (TPSA) is 40.5 Å². The average Bonchev–Trinajstić information content (AvgIpc) is 2.78. The van der Waals surface area contributed by atoms with E-state index in [4.69, 9.17) is 5.11 Å². The second-order valence-corrected chi connectivity index (χ2v) is 5.49. The molecular weight excluding hydrogens is 214 g/mol. The summed E-state index contributed by atoms with van der Waals surface area (Å²) < 4.78 is 0. The van der Waals surface area contributed by atoms with Crippen LogP contribution in [0, 0.1) is 5.92 Å². The lowest BCUT2D eigenvalue weighted by Gasteiger charge is -2.33. The van der Waals surface area contributed by atoms with Crippen LogP contribution >= 0.6 is 0 Å². The van der Waals surface area contributed by atoms with Gasteiger partial charge in [0.1, 0.15) is 5.78 Å². The second-order valence-electron chi connectivity index (χ2n) is 5.49. The third-order valence-corrected chi connectivity index (χ3v) is 4.33. The lowest BCUT2D eigenvalue weighted by atomic mass is 9.82. The second kappa shape index (κ2) is 6.50. The Morgan fingerprint density at radius 1 is 1.18 bits per heavy atom. The molecule has 1 heterocycles. The highest BCUT2D eigenvalue weighted by Crippen LogP contribution is 2.32. The number of hydrogen-bond donors (Lipinski definition) is 1. The summed E-state index contributed by atoms with van der Waals surface area (Å²) in [4.78, 5) is 14.5. The molecule has 2 atom stereocenters. The molecule has 3 nitrogen and oxygen atoms in total. The highest BCUT2D eigenvalue weighted by atomic mass is 16.2. The van der Waals surface area contributed by atoms with E-state index in [2.05, 4.69) is 4.90 Å². The fraction of sp³-hybridized carbons (Fsp3) is 0.929. The Hall–Kier alpha value is -0.410. The van der Waals surface area contributed by atoms with Crippen LogP contribution in [0.15, 0.2) is 0 Å². The molecule has 2 unspecified atom stereocenters. The number of aliphatic hydroxyl groups excluding tert-OH is 1. The molecule has 1 aliphatic carbocycles. The van der Waals surface area contributed by atoms with Gasteiger partial charge in [0, 0.05) is 25.0 Å². The molecule has 1 N–H and O–H groups in total. The van der Waals surface area contributed by atoms with Gasteiger partial charge in [-0.05, 0) is 51.6 Å². The van der Waals surface area contributed by atoms with Gasteiger partial charge in [-0.2, -0.15) is 0 Å². The first-order valence-corrected chi connectivity index (χ1v) is 7.20. The maximum atomic E-state index is 12.0. The smallest absolute Gasteiger partial charge is 0.137 e. The van der Waals surface area contributed by atoms with E-state index < -0.39 is 0 Å². The molecular formula is C14H25NO2. The van der Waals surface area contributed by atoms with Crippen molar-refractivity contribution >= 4 is 5.78 Å². The third-order valence-electron chi connectivity index (χ3n) is 4.33. The number of carbonyl (C=O) groups is 1. The standard InChI is InChI=1S/C14H25NO2/c16-11-4-3-9-15-10-5-7-13(15)12-6-1-2-8-14(12)17/h12-13,16H,1-11H2. The summed E-state index contributed by atoms with van der Waals surface area (Å²) in [7, 11) is 0. The maximum Gasteiger partial charge on any atom is 0.137 e. The molecule has 1 aliphatic heterocycles. The van der Waals surface area contributed by atoms with E-state index in [0.29, 0.717) is 24.3 Å². The van der Waals surface area contributed by atoms with Gasteiger partial charge in [0.05, 0.1) is 0 Å². The number of rotatable bonds is 5. The van der Waals surface area contributed by atoms with Crippen LogP contribution in [-0.4, -0.2) is 41.5 Å². The monoisotopic (exact) mass is 239 g/mol. The number of ketones is 1. The summed E-state index contributed by atoms with van der Waals surface area (Å²) in [5.74, 6) is 0.829. The van der Waals surface area contributed by atoms with Crippen LogP contribution in [0.4, 0.5) is 0 Å². The van der Waals surface area contributed by atoms with Gasteiger partial charge in [0.15, 0.2) is 0 Å². The van der Waals surface area contributed by atoms with Crippen molar-refractivity contribution in [3.8, 4) is 0 Å². The van der Waals surface area contributed by atoms with Crippen molar-refractivity contribution in [3.63, 3.8) is 0 Å². The van der Waals surface area contributed by atoms with Crippen LogP contribution in [0.2, 0.25) is 0 Å². The van der Waals surface area contributed by atoms with Gasteiger partial charge >= 0.3 is 0 Å². The quantitative estimate of drug-likeness (QED) is 0.746. The number of carbonyl (C=O) groups excluding carboxylic acids is 1. The molecule has 2 fully saturated rings. The molecule has 0 bridgehead atoms. The molecule has 0 radical (unpaired) electrons. The van der Waals surface area contributed by atoms with E-state index in [1.165, 1.54) is 19.3 Å². The van der Waals surface area contributed by atoms with Crippen molar-refractivity contribution in [2.24, 2.45) is 5.92 Å². The van der Waals surface area contributed by atoms with Crippen molar-refractivity contribution in [2.75, 3.05) is 19.7 Å². The first-order chi connectivity index (χ1) is 8.33. The first-order valence-electron chi connectivity index (χ1n) is 7.20. The van der Waals surface area contributed by atoms with Gasteiger partial charge in [-0.3, -0.25) is 9.69 Å². The predicted molar refractivity (Wildman–Crippen MR) is 67.9 cm³/mol. The molecule has 0 amide bonds. The highest BCUT2D eigenvalue weighted by molar-refractivity contribution is 5.82. The number of hydrogen-bond acceptors (Lipinski definition) is 3. The minimum absolute atomic E-state index is 0.293. The Bertz CT molecular complexity index is 255. The number of nitrogens with zero attached hydrogens (tertiary/aromatic N) is 1. The Labute approximate surface area is 104 Å². The molecule has 0 aromatic heterocycles. The zero-order valence-electron chi connectivity index (χ0n) is 10.7. The summed E-state index contributed by atoms with van der Waals surface area (Å²) in [5, 5.41) is 8.82. The number of unbranched alkanes of at least 4 members (excludes halogenated alkanes) is 1. The van der Waals surface area contributed by atoms with Crippen LogP contribution in [0.5, 0.6) is 0 Å². The molecule has 0 spiro atoms. The van der Waals surface area contributed by atoms with Crippen molar-refractivity contribution in [1.29, 1.82) is 0 Å². The molecule has 0 aromatic carbocycles. The van der Waals surface area contributed by atoms with E-state index >= 15 is 0 Å². The first kappa shape index (κ1) is 13.0. The van der Waals surface area contributed by atoms with E-state index in [1.807, 2.05) is 0 Å². The van der Waals surface area contributed by atoms with Crippen LogP contribution in [-0.2, 0) is 4.79 Å². The Balaban J connectivity index is 1.86. The van der Waals surface area contributed by atoms with E-state index in [1.54, 1.807) is 0 Å². The Morgan fingerprint density at radius 2 is 2.06 bits per heavy atom. The molecule has 0 aromatic rings. The number of likely N-dealkylation sites (tertiary alicyclic amines) is 1. The largest absolute Gasteiger partial charge is 0.396 e. The van der Waals surface area contributed by atoms with Crippen molar-refractivity contribution in [1.82, 2.24) is 4.90 Å². The molecule has 98 valence electrons. The van der Waals surface area contributed by atoms with Crippen LogP contribution < -0.4 is 0 Å². The summed E-state index contributed by atoms with van der Waals surface area (Å²) in [5.41, 5.74) is 0. The summed E-state index contributed by atoms with van der Waals surface area (Å²) in [6.07, 6.45) is 8.66. The molecule has 1 saturated heterocycles. The van der Waals surface area contributed by atoms with E-state index in [0.717, 1.165) is 45.2 Å². The molecule has 3 heteroatoms. The summed E-state index contributed by atoms with van der Waals surface area (Å²) >= 11 is 0. The van der Waals surface area contributed by atoms with Crippen LogP contribution in [0.25, 0.3) is 0 Å². The molecule has 17 heavy (non-hydrogen) atoms. The molecule has 1 saturated carbocycles. The van der Waals surface area contributed by atoms with Crippen LogP contribution in [0.3, 0.4) is 0 Å². The van der Waals surface area contributed by atoms with Crippen LogP contribution in [0.1, 0.15) is 51.4 Å². The van der Waals surface area contributed by atoms with Gasteiger partial charge in [-0.1, -0.05) is 6.42 Å². The van der Waals surface area contributed by atoms with Gasteiger partial charge in [0.25, 0.3) is 0 Å². The van der Waals surface area contributed by atoms with Gasteiger partial charge in [0.2, 0.25) is 0 Å². The zero-order valence-corrected chi connectivity index (χ0v) is 10.7. The lowest BCUT2D eigenvalue weighted by molar-refractivity contribution is -0.126. The molecule has 2 aliphatic rings. The fourth-order valence-electron chi connectivity index (χ4n) is 3.43. The average molecular weight is 239 g/mol. The van der Waals surface area contributed by atoms with Crippen molar-refractivity contribution in [2.45, 2.75) is 57.4 Å². The van der Waals surface area contributed by atoms with Gasteiger partial charge < -0.3 is 5.11 Å². The minimum atomic E-state index is 0.293. The highest BCUT2D eigenvalue weighted by Gasteiger charge is 2.36. The predicted octanol–water partition coefficient (Wildman–Crippen LogP) is 1.98. The van der Waals surface area contributed by atoms with Crippen molar-refractivity contribution < 1.29 is 9.90 Å². The fourth-order valence-corrected chi connectivity index (χ4v) is 3.43. The minimum Gasteiger partial charge on any atom is -0.396 e. The number of aliphatic hydroxyl groups is 1. The summed E-state index contributed by atoms with van der Waals surface area (Å²) in [6.45, 7) is 2.51. The normalized spacial score (nSPS) is 31.0. The van der Waals surface area contributed by atoms with Gasteiger partial charge in [-0.25, -0.2) is 0 Å².